The molecule has 1 aromatic carbocycles. The zero-order valence-corrected chi connectivity index (χ0v) is 22.7. The maximum Gasteiger partial charge on any atom is 0.340 e. The molecule has 188 valence electrons. The summed E-state index contributed by atoms with van der Waals surface area (Å²) < 4.78 is 12.5. The number of carbonyl (C=O) groups is 2. The third-order valence-electron chi connectivity index (χ3n) is 4.93. The Morgan fingerprint density at radius 1 is 1.20 bits per heavy atom. The fourth-order valence-corrected chi connectivity index (χ4v) is 5.48. The van der Waals surface area contributed by atoms with E-state index in [0.29, 0.717) is 51.1 Å². The first-order valence-corrected chi connectivity index (χ1v) is 13.6. The minimum absolute atomic E-state index is 0.135. The smallest absolute Gasteiger partial charge is 0.340 e. The molecule has 0 unspecified atom stereocenters. The molecular weight excluding hydrogens is 531 g/mol. The van der Waals surface area contributed by atoms with E-state index in [4.69, 9.17) is 32.7 Å². The molecule has 0 aliphatic carbocycles. The van der Waals surface area contributed by atoms with Crippen molar-refractivity contribution in [2.75, 3.05) is 24.8 Å². The number of hydrogen-bond acceptors (Lipinski definition) is 8. The predicted octanol–water partition coefficient (Wildman–Crippen LogP) is 5.76. The lowest BCUT2D eigenvalue weighted by Crippen LogP contribution is -2.16. The molecule has 3 aromatic rings. The van der Waals surface area contributed by atoms with Crippen molar-refractivity contribution in [3.8, 4) is 5.75 Å². The van der Waals surface area contributed by atoms with E-state index < -0.39 is 5.97 Å². The summed E-state index contributed by atoms with van der Waals surface area (Å²) in [5.41, 5.74) is 0.369. The Morgan fingerprint density at radius 3 is 2.69 bits per heavy atom. The highest BCUT2D eigenvalue weighted by molar-refractivity contribution is 7.99. The van der Waals surface area contributed by atoms with Gasteiger partial charge in [0, 0.05) is 22.9 Å². The number of nitrogens with one attached hydrogen (secondary N) is 1. The van der Waals surface area contributed by atoms with Gasteiger partial charge < -0.3 is 19.4 Å². The van der Waals surface area contributed by atoms with Crippen LogP contribution < -0.4 is 10.1 Å². The minimum Gasteiger partial charge on any atom is -0.492 e. The number of methoxy groups -OCH3 is 1. The lowest BCUT2D eigenvalue weighted by Gasteiger charge is -2.09. The van der Waals surface area contributed by atoms with Gasteiger partial charge in [-0.3, -0.25) is 4.79 Å². The number of halogens is 2. The average Bonchev–Trinajstić information content (AvgIpc) is 3.44. The molecule has 0 saturated carbocycles. The molecule has 35 heavy (non-hydrogen) atoms. The van der Waals surface area contributed by atoms with E-state index in [2.05, 4.69) is 15.5 Å². The standard InChI is InChI=1S/C23H26Cl2N4O4S2/c1-4-15-12-16(22(31)32-3)21(35-15)26-20(30)13-34-23-28-27-19(29(23)5-2)7-6-10-33-18-9-8-14(24)11-17(18)25/h8-9,11-12H,4-7,10,13H2,1-3H3,(H,26,30). The summed E-state index contributed by atoms with van der Waals surface area (Å²) in [6.07, 6.45) is 2.15. The van der Waals surface area contributed by atoms with Crippen LogP contribution in [0, 0.1) is 0 Å². The Bertz CT molecular complexity index is 1180. The summed E-state index contributed by atoms with van der Waals surface area (Å²) >= 11 is 14.7. The number of esters is 1. The van der Waals surface area contributed by atoms with Gasteiger partial charge in [0.15, 0.2) is 5.16 Å². The van der Waals surface area contributed by atoms with Gasteiger partial charge in [-0.05, 0) is 44.0 Å². The molecule has 0 saturated heterocycles. The molecule has 8 nitrogen and oxygen atoms in total. The second-order valence-corrected chi connectivity index (χ2v) is 10.2. The summed E-state index contributed by atoms with van der Waals surface area (Å²) in [5.74, 6) is 0.838. The maximum absolute atomic E-state index is 12.6. The molecule has 0 bridgehead atoms. The van der Waals surface area contributed by atoms with Crippen molar-refractivity contribution in [2.45, 2.75) is 44.8 Å². The van der Waals surface area contributed by atoms with Gasteiger partial charge in [-0.2, -0.15) is 0 Å². The number of rotatable bonds is 12. The maximum atomic E-state index is 12.6. The number of thiophene rings is 1. The molecule has 12 heteroatoms. The molecule has 0 atom stereocenters. The Kier molecular flexibility index (Phi) is 10.3. The van der Waals surface area contributed by atoms with Crippen molar-refractivity contribution in [2.24, 2.45) is 0 Å². The fourth-order valence-electron chi connectivity index (χ4n) is 3.20. The molecule has 0 fully saturated rings. The number of aromatic nitrogens is 3. The van der Waals surface area contributed by atoms with Gasteiger partial charge in [-0.25, -0.2) is 4.79 Å². The molecule has 1 N–H and O–H groups in total. The molecule has 2 aromatic heterocycles. The van der Waals surface area contributed by atoms with E-state index in [1.165, 1.54) is 30.2 Å². The van der Waals surface area contributed by atoms with Crippen molar-refractivity contribution in [3.05, 3.63) is 50.6 Å². The van der Waals surface area contributed by atoms with Gasteiger partial charge in [-0.1, -0.05) is 41.9 Å². The van der Waals surface area contributed by atoms with Crippen molar-refractivity contribution in [1.82, 2.24) is 14.8 Å². The summed E-state index contributed by atoms with van der Waals surface area (Å²) in [7, 11) is 1.32. The first kappa shape index (κ1) is 27.3. The third-order valence-corrected chi connectivity index (χ3v) is 7.62. The van der Waals surface area contributed by atoms with Gasteiger partial charge in [0.1, 0.15) is 16.6 Å². The van der Waals surface area contributed by atoms with Gasteiger partial charge in [0.05, 0.1) is 30.1 Å². The zero-order valence-electron chi connectivity index (χ0n) is 19.6. The quantitative estimate of drug-likeness (QED) is 0.172. The topological polar surface area (TPSA) is 95.3 Å². The molecule has 0 aliphatic rings. The number of nitrogens with zero attached hydrogens (tertiary/aromatic N) is 3. The SMILES string of the molecule is CCc1cc(C(=O)OC)c(NC(=O)CSc2nnc(CCCOc3ccc(Cl)cc3Cl)n2CC)s1. The average molecular weight is 558 g/mol. The Morgan fingerprint density at radius 2 is 2.00 bits per heavy atom. The summed E-state index contributed by atoms with van der Waals surface area (Å²) in [6, 6.07) is 6.87. The van der Waals surface area contributed by atoms with E-state index in [0.717, 1.165) is 23.5 Å². The zero-order chi connectivity index (χ0) is 25.4. The van der Waals surface area contributed by atoms with Crippen LogP contribution in [0.3, 0.4) is 0 Å². The van der Waals surface area contributed by atoms with Crippen LogP contribution in [-0.2, 0) is 28.9 Å². The number of hydrogen-bond donors (Lipinski definition) is 1. The summed E-state index contributed by atoms with van der Waals surface area (Å²) in [4.78, 5) is 25.6. The van der Waals surface area contributed by atoms with Crippen molar-refractivity contribution in [1.29, 1.82) is 0 Å². The Labute approximate surface area is 222 Å². The lowest BCUT2D eigenvalue weighted by molar-refractivity contribution is -0.113. The van der Waals surface area contributed by atoms with E-state index >= 15 is 0 Å². The first-order valence-electron chi connectivity index (χ1n) is 11.0. The summed E-state index contributed by atoms with van der Waals surface area (Å²) in [5, 5.41) is 13.6. The number of benzene rings is 1. The number of ether oxygens (including phenoxy) is 2. The van der Waals surface area contributed by atoms with Crippen molar-refractivity contribution in [3.63, 3.8) is 0 Å². The number of aryl methyl sites for hydroxylation is 2. The number of anilines is 1. The van der Waals surface area contributed by atoms with Crippen LogP contribution >= 0.6 is 46.3 Å². The largest absolute Gasteiger partial charge is 0.492 e. The molecule has 2 heterocycles. The van der Waals surface area contributed by atoms with Crippen LogP contribution in [0.5, 0.6) is 5.75 Å². The highest BCUT2D eigenvalue weighted by atomic mass is 35.5. The first-order chi connectivity index (χ1) is 16.9. The fraction of sp³-hybridized carbons (Fsp3) is 0.391. The van der Waals surface area contributed by atoms with Crippen LogP contribution in [0.15, 0.2) is 29.4 Å². The minimum atomic E-state index is -0.471. The van der Waals surface area contributed by atoms with E-state index in [1.54, 1.807) is 24.3 Å². The molecule has 0 radical (unpaired) electrons. The normalized spacial score (nSPS) is 10.9. The van der Waals surface area contributed by atoms with Crippen LogP contribution in [0.4, 0.5) is 5.00 Å². The van der Waals surface area contributed by atoms with Crippen LogP contribution in [0.25, 0.3) is 0 Å². The second-order valence-electron chi connectivity index (χ2n) is 7.31. The van der Waals surface area contributed by atoms with Gasteiger partial charge in [0.2, 0.25) is 5.91 Å². The number of carbonyl (C=O) groups excluding carboxylic acids is 2. The predicted molar refractivity (Wildman–Crippen MR) is 140 cm³/mol. The number of thioether (sulfide) groups is 1. The molecule has 0 spiro atoms. The second kappa shape index (κ2) is 13.2. The molecular formula is C23H26Cl2N4O4S2. The molecule has 0 aliphatic heterocycles. The highest BCUT2D eigenvalue weighted by Gasteiger charge is 2.19. The lowest BCUT2D eigenvalue weighted by atomic mass is 10.2. The van der Waals surface area contributed by atoms with Crippen molar-refractivity contribution < 1.29 is 19.1 Å². The van der Waals surface area contributed by atoms with Gasteiger partial charge in [-0.15, -0.1) is 21.5 Å². The third kappa shape index (κ3) is 7.36. The van der Waals surface area contributed by atoms with Gasteiger partial charge in [0.25, 0.3) is 0 Å². The van der Waals surface area contributed by atoms with E-state index in [1.807, 2.05) is 18.4 Å². The number of amides is 1. The molecule has 3 rings (SSSR count). The Hall–Kier alpha value is -2.27. The molecule has 1 amide bonds. The van der Waals surface area contributed by atoms with Gasteiger partial charge >= 0.3 is 5.97 Å². The van der Waals surface area contributed by atoms with Crippen molar-refractivity contribution >= 4 is 63.2 Å². The highest BCUT2D eigenvalue weighted by Crippen LogP contribution is 2.30. The Balaban J connectivity index is 1.53. The van der Waals surface area contributed by atoms with Crippen LogP contribution in [-0.4, -0.2) is 46.1 Å². The monoisotopic (exact) mass is 556 g/mol. The van der Waals surface area contributed by atoms with Crippen LogP contribution in [0.2, 0.25) is 10.0 Å². The summed E-state index contributed by atoms with van der Waals surface area (Å²) in [6.45, 7) is 5.13. The van der Waals surface area contributed by atoms with E-state index in [-0.39, 0.29) is 11.7 Å². The van der Waals surface area contributed by atoms with Crippen LogP contribution in [0.1, 0.15) is 41.3 Å². The van der Waals surface area contributed by atoms with E-state index in [9.17, 15) is 9.59 Å².